The van der Waals surface area contributed by atoms with Crippen LogP contribution in [0, 0.1) is 5.92 Å². The Labute approximate surface area is 81.1 Å². The predicted molar refractivity (Wildman–Crippen MR) is 52.6 cm³/mol. The highest BCUT2D eigenvalue weighted by atomic mass is 79.9. The van der Waals surface area contributed by atoms with Gasteiger partial charge in [0.25, 0.3) is 0 Å². The second-order valence-electron chi connectivity index (χ2n) is 3.40. The first kappa shape index (κ1) is 9.78. The second-order valence-corrected chi connectivity index (χ2v) is 4.31. The number of rotatable bonds is 1. The summed E-state index contributed by atoms with van der Waals surface area (Å²) in [6, 6.07) is 0.268. The van der Waals surface area contributed by atoms with Gasteiger partial charge in [-0.05, 0) is 12.0 Å². The van der Waals surface area contributed by atoms with Crippen molar-refractivity contribution in [2.75, 3.05) is 7.05 Å². The number of nitrogens with zero attached hydrogens (tertiary/aromatic N) is 1. The zero-order chi connectivity index (χ0) is 9.30. The Kier molecular flexibility index (Phi) is 2.94. The molecule has 1 atom stereocenters. The topological polar surface area (TPSA) is 3.24 Å². The molecular weight excluding hydrogens is 221 g/mol. The van der Waals surface area contributed by atoms with Crippen molar-refractivity contribution in [1.82, 2.24) is 4.90 Å². The number of halogens is 2. The van der Waals surface area contributed by atoms with Crippen molar-refractivity contribution in [1.29, 1.82) is 0 Å². The van der Waals surface area contributed by atoms with Crippen LogP contribution in [0.5, 0.6) is 0 Å². The van der Waals surface area contributed by atoms with E-state index in [2.05, 4.69) is 29.8 Å². The zero-order valence-corrected chi connectivity index (χ0v) is 9.10. The maximum Gasteiger partial charge on any atom is 0.139 e. The predicted octanol–water partition coefficient (Wildman–Crippen LogP) is 3.05. The van der Waals surface area contributed by atoms with Crippen molar-refractivity contribution in [3.8, 4) is 0 Å². The van der Waals surface area contributed by atoms with Crippen LogP contribution in [-0.4, -0.2) is 18.0 Å². The molecule has 0 saturated heterocycles. The summed E-state index contributed by atoms with van der Waals surface area (Å²) in [6.07, 6.45) is 3.06. The molecule has 0 aromatic heterocycles. The average Bonchev–Trinajstić information content (AvgIpc) is 1.82. The molecule has 1 aliphatic heterocycles. The Morgan fingerprint density at radius 1 is 1.58 bits per heavy atom. The fourth-order valence-corrected chi connectivity index (χ4v) is 2.58. The van der Waals surface area contributed by atoms with E-state index in [9.17, 15) is 4.39 Å². The van der Waals surface area contributed by atoms with Gasteiger partial charge in [0.1, 0.15) is 5.83 Å². The molecule has 0 aromatic rings. The molecular formula is C9H13BrFN. The molecule has 1 heterocycles. The molecule has 0 radical (unpaired) electrons. The fourth-order valence-electron chi connectivity index (χ4n) is 1.51. The van der Waals surface area contributed by atoms with Gasteiger partial charge in [-0.3, -0.25) is 0 Å². The summed E-state index contributed by atoms with van der Waals surface area (Å²) >= 11 is 3.37. The van der Waals surface area contributed by atoms with E-state index in [0.29, 0.717) is 5.92 Å². The summed E-state index contributed by atoms with van der Waals surface area (Å²) in [7, 11) is 1.89. The SMILES string of the molecule is CC(C)C1C(Br)=CC(F)=CN1C. The van der Waals surface area contributed by atoms with Gasteiger partial charge in [0.15, 0.2) is 0 Å². The monoisotopic (exact) mass is 233 g/mol. The molecule has 3 heteroatoms. The van der Waals surface area contributed by atoms with Crippen LogP contribution in [0.15, 0.2) is 22.6 Å². The zero-order valence-electron chi connectivity index (χ0n) is 7.51. The summed E-state index contributed by atoms with van der Waals surface area (Å²) in [5.74, 6) is 0.284. The van der Waals surface area contributed by atoms with E-state index >= 15 is 0 Å². The fraction of sp³-hybridized carbons (Fsp3) is 0.556. The minimum atomic E-state index is -0.193. The lowest BCUT2D eigenvalue weighted by Gasteiger charge is -2.32. The molecule has 1 aliphatic rings. The molecule has 68 valence electrons. The second kappa shape index (κ2) is 3.60. The van der Waals surface area contributed by atoms with E-state index in [1.54, 1.807) is 0 Å². The van der Waals surface area contributed by atoms with Crippen LogP contribution in [0.4, 0.5) is 4.39 Å². The Bertz CT molecular complexity index is 233. The minimum absolute atomic E-state index is 0.193. The van der Waals surface area contributed by atoms with Crippen molar-refractivity contribution in [3.63, 3.8) is 0 Å². The summed E-state index contributed by atoms with van der Waals surface area (Å²) in [6.45, 7) is 4.24. The molecule has 0 bridgehead atoms. The minimum Gasteiger partial charge on any atom is -0.370 e. The summed E-state index contributed by atoms with van der Waals surface area (Å²) < 4.78 is 13.8. The highest BCUT2D eigenvalue weighted by Gasteiger charge is 2.23. The van der Waals surface area contributed by atoms with E-state index in [0.717, 1.165) is 4.48 Å². The van der Waals surface area contributed by atoms with Crippen molar-refractivity contribution < 1.29 is 4.39 Å². The van der Waals surface area contributed by atoms with Gasteiger partial charge in [-0.2, -0.15) is 0 Å². The standard InChI is InChI=1S/C9H13BrFN/c1-6(2)9-8(10)4-7(11)5-12(9)3/h4-6,9H,1-3H3. The Morgan fingerprint density at radius 2 is 2.17 bits per heavy atom. The van der Waals surface area contributed by atoms with Crippen molar-refractivity contribution in [3.05, 3.63) is 22.6 Å². The number of hydrogen-bond donors (Lipinski definition) is 0. The molecule has 0 amide bonds. The lowest BCUT2D eigenvalue weighted by Crippen LogP contribution is -2.34. The first-order chi connectivity index (χ1) is 5.52. The van der Waals surface area contributed by atoms with Crippen LogP contribution in [0.25, 0.3) is 0 Å². The molecule has 1 nitrogen and oxygen atoms in total. The van der Waals surface area contributed by atoms with Crippen LogP contribution in [0.1, 0.15) is 13.8 Å². The van der Waals surface area contributed by atoms with Crippen LogP contribution in [0.2, 0.25) is 0 Å². The van der Waals surface area contributed by atoms with Gasteiger partial charge in [0.05, 0.1) is 6.04 Å². The highest BCUT2D eigenvalue weighted by Crippen LogP contribution is 2.28. The van der Waals surface area contributed by atoms with Gasteiger partial charge in [-0.15, -0.1) is 0 Å². The van der Waals surface area contributed by atoms with E-state index < -0.39 is 0 Å². The van der Waals surface area contributed by atoms with Gasteiger partial charge >= 0.3 is 0 Å². The summed E-state index contributed by atoms with van der Waals surface area (Å²) in [5, 5.41) is 0. The van der Waals surface area contributed by atoms with Crippen LogP contribution in [0.3, 0.4) is 0 Å². The molecule has 0 aliphatic carbocycles. The normalized spacial score (nSPS) is 24.2. The molecule has 0 aromatic carbocycles. The van der Waals surface area contributed by atoms with E-state index in [1.807, 2.05) is 11.9 Å². The third-order valence-electron chi connectivity index (χ3n) is 1.96. The lowest BCUT2D eigenvalue weighted by atomic mass is 10.0. The number of hydrogen-bond acceptors (Lipinski definition) is 1. The third-order valence-corrected chi connectivity index (χ3v) is 2.65. The summed E-state index contributed by atoms with van der Waals surface area (Å²) in [4.78, 5) is 1.89. The maximum atomic E-state index is 12.8. The van der Waals surface area contributed by atoms with Crippen LogP contribution >= 0.6 is 15.9 Å². The van der Waals surface area contributed by atoms with Gasteiger partial charge in [-0.1, -0.05) is 29.8 Å². The molecule has 12 heavy (non-hydrogen) atoms. The lowest BCUT2D eigenvalue weighted by molar-refractivity contribution is 0.295. The third kappa shape index (κ3) is 1.89. The number of allylic oxidation sites excluding steroid dienone is 2. The molecule has 0 N–H and O–H groups in total. The van der Waals surface area contributed by atoms with E-state index in [4.69, 9.17) is 0 Å². The number of likely N-dealkylation sites (N-methyl/N-ethyl adjacent to an activating group) is 1. The Morgan fingerprint density at radius 3 is 2.58 bits per heavy atom. The first-order valence-electron chi connectivity index (χ1n) is 3.98. The Hall–Kier alpha value is -0.310. The van der Waals surface area contributed by atoms with Crippen molar-refractivity contribution in [2.45, 2.75) is 19.9 Å². The smallest absolute Gasteiger partial charge is 0.139 e. The van der Waals surface area contributed by atoms with Crippen LogP contribution < -0.4 is 0 Å². The van der Waals surface area contributed by atoms with Gasteiger partial charge in [-0.25, -0.2) is 4.39 Å². The van der Waals surface area contributed by atoms with Crippen LogP contribution in [-0.2, 0) is 0 Å². The quantitative estimate of drug-likeness (QED) is 0.674. The average molecular weight is 234 g/mol. The first-order valence-corrected chi connectivity index (χ1v) is 4.78. The van der Waals surface area contributed by atoms with Crippen molar-refractivity contribution >= 4 is 15.9 Å². The molecule has 0 saturated carbocycles. The largest absolute Gasteiger partial charge is 0.370 e. The molecule has 1 unspecified atom stereocenters. The molecule has 1 rings (SSSR count). The Balaban J connectivity index is 2.87. The van der Waals surface area contributed by atoms with Gasteiger partial charge in [0.2, 0.25) is 0 Å². The van der Waals surface area contributed by atoms with E-state index in [1.165, 1.54) is 12.3 Å². The maximum absolute atomic E-state index is 12.8. The summed E-state index contributed by atoms with van der Waals surface area (Å²) in [5.41, 5.74) is 0. The van der Waals surface area contributed by atoms with Crippen molar-refractivity contribution in [2.24, 2.45) is 5.92 Å². The highest BCUT2D eigenvalue weighted by molar-refractivity contribution is 9.11. The molecule has 0 fully saturated rings. The molecule has 0 spiro atoms. The van der Waals surface area contributed by atoms with Gasteiger partial charge in [0, 0.05) is 17.7 Å². The van der Waals surface area contributed by atoms with Gasteiger partial charge < -0.3 is 4.90 Å². The van der Waals surface area contributed by atoms with E-state index in [-0.39, 0.29) is 11.9 Å².